The molecule has 0 bridgehead atoms. The summed E-state index contributed by atoms with van der Waals surface area (Å²) in [7, 11) is 5.09. The van der Waals surface area contributed by atoms with Crippen molar-refractivity contribution < 1.29 is 9.47 Å². The Morgan fingerprint density at radius 2 is 1.86 bits per heavy atom. The number of unbranched alkanes of at least 4 members (excludes halogenated alkanes) is 1. The molecule has 0 aliphatic carbocycles. The van der Waals surface area contributed by atoms with Gasteiger partial charge >= 0.3 is 0 Å². The van der Waals surface area contributed by atoms with Crippen LogP contribution in [0.1, 0.15) is 24.2 Å². The summed E-state index contributed by atoms with van der Waals surface area (Å²) >= 11 is 0. The van der Waals surface area contributed by atoms with Gasteiger partial charge < -0.3 is 24.7 Å². The Morgan fingerprint density at radius 3 is 2.50 bits per heavy atom. The van der Waals surface area contributed by atoms with E-state index < -0.39 is 0 Å². The van der Waals surface area contributed by atoms with Crippen molar-refractivity contribution in [2.24, 2.45) is 4.99 Å². The number of aromatic nitrogens is 2. The number of hydrogen-bond donors (Lipinski definition) is 2. The molecule has 7 nitrogen and oxygen atoms in total. The predicted octanol–water partition coefficient (Wildman–Crippen LogP) is 3.01. The number of rotatable bonds is 10. The van der Waals surface area contributed by atoms with Crippen LogP contribution >= 0.6 is 24.0 Å². The predicted molar refractivity (Wildman–Crippen MR) is 124 cm³/mol. The maximum atomic E-state index is 5.35. The highest BCUT2D eigenvalue weighted by Gasteiger charge is 2.05. The summed E-state index contributed by atoms with van der Waals surface area (Å²) in [4.78, 5) is 8.52. The molecule has 2 rings (SSSR count). The number of halogens is 1. The fourth-order valence-corrected chi connectivity index (χ4v) is 2.84. The second-order valence-electron chi connectivity index (χ2n) is 6.24. The Balaban J connectivity index is 0.00000392. The first kappa shape index (κ1) is 24.1. The van der Waals surface area contributed by atoms with Gasteiger partial charge in [-0.2, -0.15) is 0 Å². The Labute approximate surface area is 185 Å². The molecule has 0 aliphatic rings. The number of guanidine groups is 1. The molecule has 156 valence electrons. The number of aryl methyl sites for hydroxylation is 2. The number of ether oxygens (including phenoxy) is 2. The summed E-state index contributed by atoms with van der Waals surface area (Å²) in [6.45, 7) is 4.72. The van der Waals surface area contributed by atoms with Crippen molar-refractivity contribution in [3.8, 4) is 11.5 Å². The molecule has 1 aromatic heterocycles. The van der Waals surface area contributed by atoms with Crippen molar-refractivity contribution in [1.29, 1.82) is 0 Å². The van der Waals surface area contributed by atoms with Crippen molar-refractivity contribution in [2.45, 2.75) is 32.7 Å². The average molecular weight is 501 g/mol. The molecule has 0 aliphatic heterocycles. The fourth-order valence-electron chi connectivity index (χ4n) is 2.84. The minimum atomic E-state index is 0. The minimum absolute atomic E-state index is 0. The van der Waals surface area contributed by atoms with Gasteiger partial charge in [0.2, 0.25) is 0 Å². The van der Waals surface area contributed by atoms with Crippen molar-refractivity contribution in [3.05, 3.63) is 42.0 Å². The molecular formula is C20H32IN5O2. The van der Waals surface area contributed by atoms with E-state index in [-0.39, 0.29) is 24.0 Å². The highest BCUT2D eigenvalue weighted by molar-refractivity contribution is 14.0. The van der Waals surface area contributed by atoms with Gasteiger partial charge in [-0.25, -0.2) is 4.98 Å². The van der Waals surface area contributed by atoms with Gasteiger partial charge in [-0.15, -0.1) is 24.0 Å². The molecular weight excluding hydrogens is 469 g/mol. The van der Waals surface area contributed by atoms with Crippen LogP contribution in [0.2, 0.25) is 0 Å². The van der Waals surface area contributed by atoms with Gasteiger partial charge in [-0.05, 0) is 43.9 Å². The van der Waals surface area contributed by atoms with Crippen molar-refractivity contribution in [2.75, 3.05) is 34.4 Å². The molecule has 28 heavy (non-hydrogen) atoms. The third-order valence-electron chi connectivity index (χ3n) is 4.42. The third-order valence-corrected chi connectivity index (χ3v) is 4.42. The Bertz CT molecular complexity index is 733. The lowest BCUT2D eigenvalue weighted by Crippen LogP contribution is -2.38. The number of nitrogens with one attached hydrogen (secondary N) is 2. The molecule has 0 amide bonds. The number of hydrogen-bond acceptors (Lipinski definition) is 4. The standard InChI is InChI=1S/C20H31N5O2.HI/c1-16-22-12-14-25(16)13-6-5-10-23-20(21-2)24-11-9-17-7-8-18(26-3)19(15-17)27-4;/h7-8,12,14-15H,5-6,9-11,13H2,1-4H3,(H2,21,23,24);1H. The Morgan fingerprint density at radius 1 is 1.11 bits per heavy atom. The van der Waals surface area contributed by atoms with E-state index in [2.05, 4.69) is 31.2 Å². The average Bonchev–Trinajstić information content (AvgIpc) is 3.10. The summed E-state index contributed by atoms with van der Waals surface area (Å²) in [5.41, 5.74) is 1.19. The fraction of sp³-hybridized carbons (Fsp3) is 0.500. The second-order valence-corrected chi connectivity index (χ2v) is 6.24. The lowest BCUT2D eigenvalue weighted by Gasteiger charge is -2.13. The lowest BCUT2D eigenvalue weighted by atomic mass is 10.1. The molecule has 0 saturated heterocycles. The van der Waals surface area contributed by atoms with E-state index in [0.717, 1.165) is 62.2 Å². The zero-order chi connectivity index (χ0) is 19.5. The molecule has 1 heterocycles. The van der Waals surface area contributed by atoms with Crippen molar-refractivity contribution in [1.82, 2.24) is 20.2 Å². The summed E-state index contributed by atoms with van der Waals surface area (Å²) in [6, 6.07) is 6.00. The Kier molecular flexibility index (Phi) is 11.4. The number of methoxy groups -OCH3 is 2. The monoisotopic (exact) mass is 501 g/mol. The van der Waals surface area contributed by atoms with Crippen LogP contribution in [-0.4, -0.2) is 49.9 Å². The first-order chi connectivity index (χ1) is 13.2. The van der Waals surface area contributed by atoms with Crippen LogP contribution in [0.3, 0.4) is 0 Å². The molecule has 0 fully saturated rings. The van der Waals surface area contributed by atoms with Crippen LogP contribution in [-0.2, 0) is 13.0 Å². The topological polar surface area (TPSA) is 72.7 Å². The number of aliphatic imine (C=N–C) groups is 1. The second kappa shape index (κ2) is 13.2. The SMILES string of the molecule is CN=C(NCCCCn1ccnc1C)NCCc1ccc(OC)c(OC)c1.I. The number of imidazole rings is 1. The Hall–Kier alpha value is -1.97. The number of nitrogens with zero attached hydrogens (tertiary/aromatic N) is 3. The quantitative estimate of drug-likeness (QED) is 0.227. The van der Waals surface area contributed by atoms with Crippen LogP contribution < -0.4 is 20.1 Å². The van der Waals surface area contributed by atoms with E-state index in [9.17, 15) is 0 Å². The zero-order valence-electron chi connectivity index (χ0n) is 17.2. The maximum Gasteiger partial charge on any atom is 0.190 e. The maximum absolute atomic E-state index is 5.35. The zero-order valence-corrected chi connectivity index (χ0v) is 19.5. The number of benzene rings is 1. The third kappa shape index (κ3) is 7.57. The van der Waals surface area contributed by atoms with Gasteiger partial charge in [0.25, 0.3) is 0 Å². The van der Waals surface area contributed by atoms with Crippen LogP contribution in [0, 0.1) is 6.92 Å². The lowest BCUT2D eigenvalue weighted by molar-refractivity contribution is 0.354. The van der Waals surface area contributed by atoms with Crippen LogP contribution in [0.25, 0.3) is 0 Å². The molecule has 2 N–H and O–H groups in total. The van der Waals surface area contributed by atoms with Gasteiger partial charge in [0, 0.05) is 39.1 Å². The van der Waals surface area contributed by atoms with E-state index in [0.29, 0.717) is 0 Å². The first-order valence-electron chi connectivity index (χ1n) is 9.31. The highest BCUT2D eigenvalue weighted by Crippen LogP contribution is 2.27. The smallest absolute Gasteiger partial charge is 0.190 e. The van der Waals surface area contributed by atoms with Gasteiger partial charge in [-0.1, -0.05) is 6.07 Å². The van der Waals surface area contributed by atoms with Gasteiger partial charge in [0.1, 0.15) is 5.82 Å². The normalized spacial score (nSPS) is 10.9. The molecule has 0 radical (unpaired) electrons. The van der Waals surface area contributed by atoms with Gasteiger partial charge in [0.15, 0.2) is 17.5 Å². The van der Waals surface area contributed by atoms with Crippen LogP contribution in [0.5, 0.6) is 11.5 Å². The van der Waals surface area contributed by atoms with Gasteiger partial charge in [0.05, 0.1) is 14.2 Å². The molecule has 2 aromatic rings. The summed E-state index contributed by atoms with van der Waals surface area (Å²) in [6.07, 6.45) is 6.93. The summed E-state index contributed by atoms with van der Waals surface area (Å²) in [5, 5.41) is 6.71. The molecule has 1 aromatic carbocycles. The molecule has 0 saturated carbocycles. The van der Waals surface area contributed by atoms with E-state index in [1.165, 1.54) is 5.56 Å². The molecule has 0 atom stereocenters. The van der Waals surface area contributed by atoms with E-state index in [1.54, 1.807) is 21.3 Å². The van der Waals surface area contributed by atoms with Crippen LogP contribution in [0.15, 0.2) is 35.6 Å². The van der Waals surface area contributed by atoms with Gasteiger partial charge in [-0.3, -0.25) is 4.99 Å². The highest BCUT2D eigenvalue weighted by atomic mass is 127. The van der Waals surface area contributed by atoms with E-state index in [4.69, 9.17) is 9.47 Å². The van der Waals surface area contributed by atoms with E-state index >= 15 is 0 Å². The largest absolute Gasteiger partial charge is 0.493 e. The van der Waals surface area contributed by atoms with Crippen molar-refractivity contribution in [3.63, 3.8) is 0 Å². The first-order valence-corrected chi connectivity index (χ1v) is 9.31. The summed E-state index contributed by atoms with van der Waals surface area (Å²) in [5.74, 6) is 3.40. The van der Waals surface area contributed by atoms with Crippen molar-refractivity contribution >= 4 is 29.9 Å². The summed E-state index contributed by atoms with van der Waals surface area (Å²) < 4.78 is 12.8. The molecule has 0 unspecified atom stereocenters. The molecule has 8 heteroatoms. The minimum Gasteiger partial charge on any atom is -0.493 e. The molecule has 0 spiro atoms. The van der Waals surface area contributed by atoms with Crippen LogP contribution in [0.4, 0.5) is 0 Å². The van der Waals surface area contributed by atoms with E-state index in [1.807, 2.05) is 31.5 Å².